The number of alkyl halides is 1. The Kier molecular flexibility index (Phi) is 10.3. The fourth-order valence-electron chi connectivity index (χ4n) is 3.45. The third-order valence-corrected chi connectivity index (χ3v) is 5.03. The van der Waals surface area contributed by atoms with Crippen molar-refractivity contribution in [1.82, 2.24) is 0 Å². The van der Waals surface area contributed by atoms with Crippen LogP contribution in [0.15, 0.2) is 12.2 Å². The van der Waals surface area contributed by atoms with E-state index in [1.54, 1.807) is 0 Å². The molecule has 0 spiro atoms. The number of carbonyl (C=O) groups is 3. The number of halogens is 1. The van der Waals surface area contributed by atoms with E-state index in [9.17, 15) is 23.9 Å². The second kappa shape index (κ2) is 11.9. The molecule has 1 fully saturated rings. The van der Waals surface area contributed by atoms with Crippen LogP contribution in [0.1, 0.15) is 71.1 Å². The van der Waals surface area contributed by atoms with E-state index < -0.39 is 29.9 Å². The minimum atomic E-state index is -1.45. The highest BCUT2D eigenvalue weighted by Gasteiger charge is 2.40. The number of allylic oxidation sites excluding steroid dienone is 2. The summed E-state index contributed by atoms with van der Waals surface area (Å²) in [4.78, 5) is 34.4. The molecular weight excluding hydrogens is 339 g/mol. The molecule has 148 valence electrons. The van der Waals surface area contributed by atoms with E-state index >= 15 is 0 Å². The molecule has 0 heterocycles. The smallest absolute Gasteiger partial charge is 0.303 e. The maximum Gasteiger partial charge on any atom is 0.303 e. The predicted molar refractivity (Wildman–Crippen MR) is 96.5 cm³/mol. The Morgan fingerprint density at radius 3 is 2.65 bits per heavy atom. The van der Waals surface area contributed by atoms with Gasteiger partial charge in [-0.1, -0.05) is 31.9 Å². The summed E-state index contributed by atoms with van der Waals surface area (Å²) in [7, 11) is 0. The minimum Gasteiger partial charge on any atom is -0.481 e. The van der Waals surface area contributed by atoms with Gasteiger partial charge in [0.1, 0.15) is 5.78 Å². The largest absolute Gasteiger partial charge is 0.481 e. The normalized spacial score (nSPS) is 24.3. The summed E-state index contributed by atoms with van der Waals surface area (Å²) in [5, 5.41) is 18.7. The number of aliphatic hydroxyl groups excluding tert-OH is 1. The molecule has 1 aliphatic carbocycles. The van der Waals surface area contributed by atoms with E-state index in [1.807, 2.05) is 19.1 Å². The van der Waals surface area contributed by atoms with Crippen LogP contribution < -0.4 is 0 Å². The molecule has 0 aromatic rings. The van der Waals surface area contributed by atoms with Gasteiger partial charge in [-0.2, -0.15) is 0 Å². The lowest BCUT2D eigenvalue weighted by atomic mass is 9.86. The Morgan fingerprint density at radius 1 is 1.27 bits per heavy atom. The first kappa shape index (κ1) is 22.5. The number of aliphatic hydroxyl groups is 1. The SMILES string of the molecule is CCCCC(F)C(=O)CC[C@H]1C(=O)C[C@H](O)[C@@H]1C/C=C\CCCC(=O)O. The molecule has 1 unspecified atom stereocenters. The Morgan fingerprint density at radius 2 is 2.00 bits per heavy atom. The molecule has 0 bridgehead atoms. The maximum atomic E-state index is 13.8. The number of hydrogen-bond donors (Lipinski definition) is 2. The molecule has 1 saturated carbocycles. The van der Waals surface area contributed by atoms with Crippen molar-refractivity contribution in [1.29, 1.82) is 0 Å². The lowest BCUT2D eigenvalue weighted by Crippen LogP contribution is -2.23. The van der Waals surface area contributed by atoms with Gasteiger partial charge in [-0.3, -0.25) is 14.4 Å². The lowest BCUT2D eigenvalue weighted by Gasteiger charge is -2.19. The van der Waals surface area contributed by atoms with Crippen molar-refractivity contribution >= 4 is 17.5 Å². The molecule has 6 heteroatoms. The molecule has 0 aromatic heterocycles. The zero-order valence-electron chi connectivity index (χ0n) is 15.5. The van der Waals surface area contributed by atoms with Crippen molar-refractivity contribution in [2.75, 3.05) is 0 Å². The molecule has 5 nitrogen and oxygen atoms in total. The molecule has 0 aromatic carbocycles. The first-order valence-electron chi connectivity index (χ1n) is 9.61. The number of ketones is 2. The average molecular weight is 370 g/mol. The minimum absolute atomic E-state index is 0.0346. The summed E-state index contributed by atoms with van der Waals surface area (Å²) < 4.78 is 13.8. The summed E-state index contributed by atoms with van der Waals surface area (Å²) in [6.07, 6.45) is 5.50. The molecule has 0 aliphatic heterocycles. The molecule has 2 N–H and O–H groups in total. The van der Waals surface area contributed by atoms with Gasteiger partial charge in [-0.25, -0.2) is 4.39 Å². The molecule has 1 aliphatic rings. The standard InChI is InChI=1S/C20H31FO5/c1-2-3-9-16(21)17(22)12-11-15-14(18(23)13-19(15)24)8-6-4-5-7-10-20(25)26/h4,6,14-16,18,23H,2-3,5,7-13H2,1H3,(H,25,26)/b6-4-/t14-,15-,16?,18+/m1/s1. The molecule has 0 saturated heterocycles. The van der Waals surface area contributed by atoms with Crippen molar-refractivity contribution in [3.8, 4) is 0 Å². The van der Waals surface area contributed by atoms with E-state index in [2.05, 4.69) is 0 Å². The molecular formula is C20H31FO5. The highest BCUT2D eigenvalue weighted by atomic mass is 19.1. The van der Waals surface area contributed by atoms with Crippen molar-refractivity contribution in [3.05, 3.63) is 12.2 Å². The van der Waals surface area contributed by atoms with Gasteiger partial charge in [-0.15, -0.1) is 0 Å². The monoisotopic (exact) mass is 370 g/mol. The summed E-state index contributed by atoms with van der Waals surface area (Å²) in [6, 6.07) is 0. The topological polar surface area (TPSA) is 91.7 Å². The summed E-state index contributed by atoms with van der Waals surface area (Å²) in [5.74, 6) is -1.99. The second-order valence-electron chi connectivity index (χ2n) is 7.12. The zero-order chi connectivity index (χ0) is 19.5. The number of hydrogen-bond acceptors (Lipinski definition) is 4. The number of unbranched alkanes of at least 4 members (excludes halogenated alkanes) is 2. The fourth-order valence-corrected chi connectivity index (χ4v) is 3.45. The third kappa shape index (κ3) is 7.77. The fraction of sp³-hybridized carbons (Fsp3) is 0.750. The van der Waals surface area contributed by atoms with Gasteiger partial charge in [-0.05, 0) is 38.0 Å². The van der Waals surface area contributed by atoms with Crippen LogP contribution in [0.25, 0.3) is 0 Å². The van der Waals surface area contributed by atoms with E-state index in [-0.39, 0.29) is 37.4 Å². The molecule has 1 rings (SSSR count). The van der Waals surface area contributed by atoms with Crippen LogP contribution in [0.3, 0.4) is 0 Å². The van der Waals surface area contributed by atoms with Gasteiger partial charge >= 0.3 is 5.97 Å². The summed E-state index contributed by atoms with van der Waals surface area (Å²) in [6.45, 7) is 1.94. The van der Waals surface area contributed by atoms with Crippen LogP contribution in [-0.4, -0.2) is 40.0 Å². The first-order chi connectivity index (χ1) is 12.4. The number of carboxylic acids is 1. The number of rotatable bonds is 13. The van der Waals surface area contributed by atoms with Gasteiger partial charge in [0.2, 0.25) is 0 Å². The quantitative estimate of drug-likeness (QED) is 0.381. The van der Waals surface area contributed by atoms with Crippen LogP contribution in [0.2, 0.25) is 0 Å². The Bertz CT molecular complexity index is 502. The molecule has 0 radical (unpaired) electrons. The van der Waals surface area contributed by atoms with Crippen molar-refractivity contribution in [3.63, 3.8) is 0 Å². The van der Waals surface area contributed by atoms with Crippen LogP contribution in [0, 0.1) is 11.8 Å². The number of Topliss-reactive ketones (excluding diaryl/α,β-unsaturated/α-hetero) is 2. The predicted octanol–water partition coefficient (Wildman–Crippen LogP) is 3.63. The van der Waals surface area contributed by atoms with Crippen LogP contribution in [-0.2, 0) is 14.4 Å². The Hall–Kier alpha value is -1.56. The van der Waals surface area contributed by atoms with Crippen molar-refractivity contribution < 1.29 is 29.0 Å². The van der Waals surface area contributed by atoms with Gasteiger partial charge < -0.3 is 10.2 Å². The van der Waals surface area contributed by atoms with E-state index in [1.165, 1.54) is 0 Å². The second-order valence-corrected chi connectivity index (χ2v) is 7.12. The molecule has 26 heavy (non-hydrogen) atoms. The molecule has 0 amide bonds. The number of carbonyl (C=O) groups excluding carboxylic acids is 2. The number of aliphatic carboxylic acids is 1. The van der Waals surface area contributed by atoms with Crippen LogP contribution >= 0.6 is 0 Å². The highest BCUT2D eigenvalue weighted by molar-refractivity contribution is 5.86. The Labute approximate surface area is 154 Å². The zero-order valence-corrected chi connectivity index (χ0v) is 15.5. The van der Waals surface area contributed by atoms with Gasteiger partial charge in [0, 0.05) is 25.2 Å². The third-order valence-electron chi connectivity index (χ3n) is 5.03. The van der Waals surface area contributed by atoms with Crippen LogP contribution in [0.5, 0.6) is 0 Å². The summed E-state index contributed by atoms with van der Waals surface area (Å²) in [5.41, 5.74) is 0. The van der Waals surface area contributed by atoms with Gasteiger partial charge in [0.25, 0.3) is 0 Å². The first-order valence-corrected chi connectivity index (χ1v) is 9.61. The Balaban J connectivity index is 2.46. The van der Waals surface area contributed by atoms with E-state index in [0.717, 1.165) is 6.42 Å². The van der Waals surface area contributed by atoms with Crippen molar-refractivity contribution in [2.24, 2.45) is 11.8 Å². The van der Waals surface area contributed by atoms with Gasteiger partial charge in [0.15, 0.2) is 12.0 Å². The van der Waals surface area contributed by atoms with Crippen molar-refractivity contribution in [2.45, 2.75) is 83.4 Å². The lowest BCUT2D eigenvalue weighted by molar-refractivity contribution is -0.137. The highest BCUT2D eigenvalue weighted by Crippen LogP contribution is 2.35. The maximum absolute atomic E-state index is 13.8. The van der Waals surface area contributed by atoms with E-state index in [4.69, 9.17) is 5.11 Å². The average Bonchev–Trinajstić information content (AvgIpc) is 2.86. The van der Waals surface area contributed by atoms with Crippen LogP contribution in [0.4, 0.5) is 4.39 Å². The number of carboxylic acid groups (broad SMARTS) is 1. The summed E-state index contributed by atoms with van der Waals surface area (Å²) >= 11 is 0. The van der Waals surface area contributed by atoms with Gasteiger partial charge in [0.05, 0.1) is 6.10 Å². The van der Waals surface area contributed by atoms with E-state index in [0.29, 0.717) is 32.1 Å². The molecule has 4 atom stereocenters.